The minimum atomic E-state index is 0.912. The van der Waals surface area contributed by atoms with Crippen LogP contribution in [0.25, 0.3) is 11.1 Å². The Morgan fingerprint density at radius 1 is 0.800 bits per heavy atom. The van der Waals surface area contributed by atoms with Gasteiger partial charge in [-0.1, -0.05) is 54.6 Å². The van der Waals surface area contributed by atoms with Crippen LogP contribution in [-0.2, 0) is 6.54 Å². The fourth-order valence-corrected chi connectivity index (χ4v) is 1.96. The largest absolute Gasteiger partial charge is 0.257 e. The van der Waals surface area contributed by atoms with Gasteiger partial charge in [-0.3, -0.25) is 3.53 Å². The lowest BCUT2D eigenvalue weighted by molar-refractivity contribution is 1.01. The highest BCUT2D eigenvalue weighted by Crippen LogP contribution is 2.19. The van der Waals surface area contributed by atoms with E-state index in [1.165, 1.54) is 16.7 Å². The van der Waals surface area contributed by atoms with E-state index in [0.29, 0.717) is 0 Å². The van der Waals surface area contributed by atoms with Gasteiger partial charge < -0.3 is 0 Å². The van der Waals surface area contributed by atoms with Crippen molar-refractivity contribution in [2.75, 3.05) is 0 Å². The molecule has 0 aliphatic heterocycles. The van der Waals surface area contributed by atoms with Crippen LogP contribution in [0, 0.1) is 0 Å². The van der Waals surface area contributed by atoms with Crippen molar-refractivity contribution >= 4 is 22.9 Å². The highest BCUT2D eigenvalue weighted by molar-refractivity contribution is 14.1. The summed E-state index contributed by atoms with van der Waals surface area (Å²) in [6.45, 7) is 0.912. The van der Waals surface area contributed by atoms with Gasteiger partial charge in [0.15, 0.2) is 0 Å². The monoisotopic (exact) mass is 309 g/mol. The van der Waals surface area contributed by atoms with Crippen LogP contribution in [0.2, 0.25) is 0 Å². The van der Waals surface area contributed by atoms with Gasteiger partial charge in [0.25, 0.3) is 0 Å². The molecule has 0 radical (unpaired) electrons. The summed E-state index contributed by atoms with van der Waals surface area (Å²) in [4.78, 5) is 0. The van der Waals surface area contributed by atoms with Crippen LogP contribution in [0.3, 0.4) is 0 Å². The first-order chi connectivity index (χ1) is 7.40. The Morgan fingerprint density at radius 2 is 1.40 bits per heavy atom. The van der Waals surface area contributed by atoms with Crippen LogP contribution < -0.4 is 3.53 Å². The van der Waals surface area contributed by atoms with Gasteiger partial charge in [0.05, 0.1) is 0 Å². The van der Waals surface area contributed by atoms with E-state index in [0.717, 1.165) is 6.54 Å². The molecule has 2 aromatic rings. The number of rotatable bonds is 3. The fraction of sp³-hybridized carbons (Fsp3) is 0.0769. The Bertz CT molecular complexity index is 408. The zero-order chi connectivity index (χ0) is 10.5. The average Bonchev–Trinajstić information content (AvgIpc) is 2.32. The molecule has 0 fully saturated rings. The molecule has 2 rings (SSSR count). The Hall–Kier alpha value is -0.870. The standard InChI is InChI=1S/C13H12IN/c14-15-10-11-6-8-13(9-7-11)12-4-2-1-3-5-12/h1-9,15H,10H2. The SMILES string of the molecule is INCc1ccc(-c2ccccc2)cc1. The quantitative estimate of drug-likeness (QED) is 0.672. The number of nitrogens with one attached hydrogen (secondary N) is 1. The minimum Gasteiger partial charge on any atom is -0.257 e. The molecule has 76 valence electrons. The number of hydrogen-bond donors (Lipinski definition) is 1. The molecule has 0 aliphatic carbocycles. The van der Waals surface area contributed by atoms with Crippen molar-refractivity contribution in [1.82, 2.24) is 3.53 Å². The Morgan fingerprint density at radius 3 is 2.00 bits per heavy atom. The third-order valence-electron chi connectivity index (χ3n) is 2.33. The molecule has 2 heteroatoms. The van der Waals surface area contributed by atoms with E-state index in [1.807, 2.05) is 6.07 Å². The predicted octanol–water partition coefficient (Wildman–Crippen LogP) is 3.79. The first-order valence-corrected chi connectivity index (χ1v) is 5.96. The molecule has 0 atom stereocenters. The van der Waals surface area contributed by atoms with Crippen LogP contribution in [0.5, 0.6) is 0 Å². The molecule has 0 saturated heterocycles. The van der Waals surface area contributed by atoms with E-state index in [2.05, 4.69) is 74.9 Å². The van der Waals surface area contributed by atoms with Crippen molar-refractivity contribution in [3.8, 4) is 11.1 Å². The third kappa shape index (κ3) is 2.79. The van der Waals surface area contributed by atoms with E-state index in [1.54, 1.807) is 0 Å². The van der Waals surface area contributed by atoms with Gasteiger partial charge in [0, 0.05) is 29.4 Å². The fourth-order valence-electron chi connectivity index (χ4n) is 1.52. The second kappa shape index (κ2) is 5.28. The van der Waals surface area contributed by atoms with E-state index in [9.17, 15) is 0 Å². The zero-order valence-corrected chi connectivity index (χ0v) is 10.4. The molecule has 1 nitrogen and oxygen atoms in total. The van der Waals surface area contributed by atoms with Crippen molar-refractivity contribution < 1.29 is 0 Å². The van der Waals surface area contributed by atoms with Crippen molar-refractivity contribution in [3.63, 3.8) is 0 Å². The third-order valence-corrected chi connectivity index (χ3v) is 2.71. The highest BCUT2D eigenvalue weighted by Gasteiger charge is 1.96. The molecular formula is C13H12IN. The van der Waals surface area contributed by atoms with Crippen molar-refractivity contribution in [2.45, 2.75) is 6.54 Å². The summed E-state index contributed by atoms with van der Waals surface area (Å²) in [6, 6.07) is 19.1. The van der Waals surface area contributed by atoms with Gasteiger partial charge >= 0.3 is 0 Å². The summed E-state index contributed by atoms with van der Waals surface area (Å²) in [5, 5.41) is 0. The molecule has 0 spiro atoms. The van der Waals surface area contributed by atoms with Gasteiger partial charge in [-0.15, -0.1) is 0 Å². The second-order valence-electron chi connectivity index (χ2n) is 3.37. The van der Waals surface area contributed by atoms with Crippen LogP contribution >= 0.6 is 22.9 Å². The normalized spacial score (nSPS) is 10.2. The molecule has 0 unspecified atom stereocenters. The number of hydrogen-bond acceptors (Lipinski definition) is 1. The molecule has 0 saturated carbocycles. The summed E-state index contributed by atoms with van der Waals surface area (Å²) in [6.07, 6.45) is 0. The molecule has 0 heterocycles. The van der Waals surface area contributed by atoms with Gasteiger partial charge in [-0.25, -0.2) is 0 Å². The summed E-state index contributed by atoms with van der Waals surface area (Å²) in [5.74, 6) is 0. The van der Waals surface area contributed by atoms with Gasteiger partial charge in [-0.2, -0.15) is 0 Å². The first kappa shape index (κ1) is 10.6. The highest BCUT2D eigenvalue weighted by atomic mass is 127. The molecule has 0 bridgehead atoms. The van der Waals surface area contributed by atoms with Crippen molar-refractivity contribution in [3.05, 3.63) is 60.2 Å². The Balaban J connectivity index is 2.24. The topological polar surface area (TPSA) is 12.0 Å². The number of halogens is 1. The summed E-state index contributed by atoms with van der Waals surface area (Å²) >= 11 is 2.16. The summed E-state index contributed by atoms with van der Waals surface area (Å²) < 4.78 is 3.11. The number of benzene rings is 2. The van der Waals surface area contributed by atoms with Crippen LogP contribution in [0.4, 0.5) is 0 Å². The molecular weight excluding hydrogens is 297 g/mol. The van der Waals surface area contributed by atoms with Crippen molar-refractivity contribution in [2.24, 2.45) is 0 Å². The molecule has 1 N–H and O–H groups in total. The minimum absolute atomic E-state index is 0.912. The second-order valence-corrected chi connectivity index (χ2v) is 4.14. The molecule has 0 aromatic heterocycles. The lowest BCUT2D eigenvalue weighted by atomic mass is 10.0. The van der Waals surface area contributed by atoms with Crippen LogP contribution in [0.1, 0.15) is 5.56 Å². The molecule has 15 heavy (non-hydrogen) atoms. The predicted molar refractivity (Wildman–Crippen MR) is 72.7 cm³/mol. The van der Waals surface area contributed by atoms with Crippen LogP contribution in [0.15, 0.2) is 54.6 Å². The smallest absolute Gasteiger partial charge is 0.0301 e. The molecule has 0 aliphatic rings. The van der Waals surface area contributed by atoms with Gasteiger partial charge in [0.2, 0.25) is 0 Å². The van der Waals surface area contributed by atoms with E-state index in [-0.39, 0.29) is 0 Å². The maximum atomic E-state index is 3.11. The van der Waals surface area contributed by atoms with Crippen LogP contribution in [-0.4, -0.2) is 0 Å². The zero-order valence-electron chi connectivity index (χ0n) is 8.28. The maximum Gasteiger partial charge on any atom is 0.0301 e. The first-order valence-electron chi connectivity index (χ1n) is 4.88. The molecule has 0 amide bonds. The average molecular weight is 309 g/mol. The Labute approximate surface area is 104 Å². The van der Waals surface area contributed by atoms with E-state index >= 15 is 0 Å². The van der Waals surface area contributed by atoms with E-state index < -0.39 is 0 Å². The maximum absolute atomic E-state index is 3.11. The molecule has 2 aromatic carbocycles. The van der Waals surface area contributed by atoms with Gasteiger partial charge in [0.1, 0.15) is 0 Å². The summed E-state index contributed by atoms with van der Waals surface area (Å²) in [7, 11) is 0. The summed E-state index contributed by atoms with van der Waals surface area (Å²) in [5.41, 5.74) is 3.85. The lowest BCUT2D eigenvalue weighted by Gasteiger charge is -2.03. The lowest BCUT2D eigenvalue weighted by Crippen LogP contribution is -1.96. The van der Waals surface area contributed by atoms with Crippen molar-refractivity contribution in [1.29, 1.82) is 0 Å². The van der Waals surface area contributed by atoms with E-state index in [4.69, 9.17) is 0 Å². The van der Waals surface area contributed by atoms with Gasteiger partial charge in [-0.05, 0) is 16.7 Å². The Kier molecular flexibility index (Phi) is 3.75.